The van der Waals surface area contributed by atoms with E-state index < -0.39 is 17.0 Å². The predicted octanol–water partition coefficient (Wildman–Crippen LogP) is 2.77. The van der Waals surface area contributed by atoms with E-state index >= 15 is 0 Å². The van der Waals surface area contributed by atoms with Gasteiger partial charge in [0.2, 0.25) is 5.89 Å². The van der Waals surface area contributed by atoms with Crippen molar-refractivity contribution in [3.8, 4) is 12.1 Å². The van der Waals surface area contributed by atoms with Gasteiger partial charge in [-0.25, -0.2) is 4.52 Å². The molecule has 12 heteroatoms. The number of rotatable bonds is 4. The number of piperidine rings is 2. The van der Waals surface area contributed by atoms with Crippen LogP contribution in [0.25, 0.3) is 5.52 Å². The number of likely N-dealkylation sites (tertiary alicyclic amines) is 1. The molecule has 6 rings (SSSR count). The summed E-state index contributed by atoms with van der Waals surface area (Å²) in [5.74, 6) is -0.0339. The molecular weight excluding hydrogens is 451 g/mol. The van der Waals surface area contributed by atoms with Crippen molar-refractivity contribution in [2.75, 3.05) is 38.1 Å². The summed E-state index contributed by atoms with van der Waals surface area (Å²) in [6.07, 6.45) is -1.62. The van der Waals surface area contributed by atoms with Gasteiger partial charge < -0.3 is 19.0 Å². The lowest BCUT2D eigenvalue weighted by Crippen LogP contribution is -2.35. The molecule has 2 saturated heterocycles. The predicted molar refractivity (Wildman–Crippen MR) is 112 cm³/mol. The lowest BCUT2D eigenvalue weighted by Gasteiger charge is -2.27. The van der Waals surface area contributed by atoms with Crippen LogP contribution in [0.1, 0.15) is 30.8 Å². The Balaban J connectivity index is 1.31. The maximum atomic E-state index is 14.4. The van der Waals surface area contributed by atoms with Gasteiger partial charge in [-0.3, -0.25) is 0 Å². The summed E-state index contributed by atoms with van der Waals surface area (Å²) in [6.45, 7) is 1.57. The van der Waals surface area contributed by atoms with Gasteiger partial charge in [0.15, 0.2) is 0 Å². The van der Waals surface area contributed by atoms with E-state index in [-0.39, 0.29) is 37.6 Å². The van der Waals surface area contributed by atoms with Crippen molar-refractivity contribution in [2.45, 2.75) is 37.0 Å². The van der Waals surface area contributed by atoms with Crippen molar-refractivity contribution < 1.29 is 22.3 Å². The van der Waals surface area contributed by atoms with Gasteiger partial charge in [0.05, 0.1) is 22.8 Å². The monoisotopic (exact) mass is 473 g/mol. The van der Waals surface area contributed by atoms with Crippen LogP contribution >= 0.6 is 0 Å². The lowest BCUT2D eigenvalue weighted by atomic mass is 9.95. The fourth-order valence-corrected chi connectivity index (χ4v) is 5.62. The summed E-state index contributed by atoms with van der Waals surface area (Å²) < 4.78 is 56.1. The number of nitriles is 1. The van der Waals surface area contributed by atoms with E-state index in [4.69, 9.17) is 9.15 Å². The number of nitrogens with zero attached hydrogens (tertiary/aromatic N) is 7. The van der Waals surface area contributed by atoms with Gasteiger partial charge in [-0.05, 0) is 44.5 Å². The third kappa shape index (κ3) is 2.92. The smallest absolute Gasteiger partial charge is 0.414 e. The highest BCUT2D eigenvalue weighted by Gasteiger charge is 2.86. The number of hydrogen-bond donors (Lipinski definition) is 0. The number of halogens is 3. The fourth-order valence-electron chi connectivity index (χ4n) is 5.62. The van der Waals surface area contributed by atoms with Gasteiger partial charge in [0, 0.05) is 26.2 Å². The van der Waals surface area contributed by atoms with E-state index in [1.54, 1.807) is 23.1 Å². The number of pyridine rings is 1. The van der Waals surface area contributed by atoms with Crippen molar-refractivity contribution in [1.29, 1.82) is 5.26 Å². The van der Waals surface area contributed by atoms with Crippen LogP contribution in [0.2, 0.25) is 0 Å². The van der Waals surface area contributed by atoms with E-state index in [0.29, 0.717) is 16.9 Å². The van der Waals surface area contributed by atoms with Gasteiger partial charge in [-0.2, -0.15) is 23.5 Å². The molecule has 3 aliphatic rings. The number of hydrogen-bond acceptors (Lipinski definition) is 8. The second-order valence-corrected chi connectivity index (χ2v) is 9.53. The fraction of sp³-hybridized carbons (Fsp3) is 0.545. The number of alkyl halides is 3. The van der Waals surface area contributed by atoms with Crippen molar-refractivity contribution in [3.05, 3.63) is 36.0 Å². The molecule has 2 aliphatic heterocycles. The van der Waals surface area contributed by atoms with Crippen LogP contribution in [-0.2, 0) is 5.41 Å². The number of fused-ring (bicyclic) bond motifs is 2. The quantitative estimate of drug-likeness (QED) is 0.571. The molecule has 1 saturated carbocycles. The third-order valence-electron chi connectivity index (χ3n) is 7.60. The van der Waals surface area contributed by atoms with E-state index in [1.807, 2.05) is 13.1 Å². The summed E-state index contributed by atoms with van der Waals surface area (Å²) in [5, 5.41) is 21.4. The SMILES string of the molecule is CN1CCC(Oc2nnc([C@]34CN(c5ccc(C#N)n6nccc56)C[C@@]3(C(F)(F)F)C4)o2)CC1. The Bertz CT molecular complexity index is 1290. The Morgan fingerprint density at radius 1 is 1.18 bits per heavy atom. The number of aromatic nitrogens is 4. The molecule has 0 N–H and O–H groups in total. The maximum Gasteiger partial charge on any atom is 0.414 e. The zero-order valence-corrected chi connectivity index (χ0v) is 18.4. The molecule has 3 fully saturated rings. The van der Waals surface area contributed by atoms with Crippen LogP contribution in [0.5, 0.6) is 6.08 Å². The van der Waals surface area contributed by atoms with E-state index in [0.717, 1.165) is 25.9 Å². The molecule has 3 aromatic heterocycles. The summed E-state index contributed by atoms with van der Waals surface area (Å²) in [4.78, 5) is 3.87. The second-order valence-electron chi connectivity index (χ2n) is 9.53. The molecule has 0 amide bonds. The van der Waals surface area contributed by atoms with Crippen LogP contribution < -0.4 is 9.64 Å². The third-order valence-corrected chi connectivity index (χ3v) is 7.60. The first kappa shape index (κ1) is 21.2. The first-order valence-electron chi connectivity index (χ1n) is 11.1. The molecule has 3 aromatic rings. The molecular formula is C22H22F3N7O2. The molecule has 1 aliphatic carbocycles. The molecule has 34 heavy (non-hydrogen) atoms. The normalized spacial score (nSPS) is 27.7. The minimum Gasteiger partial charge on any atom is -0.446 e. The number of anilines is 1. The molecule has 178 valence electrons. The van der Waals surface area contributed by atoms with E-state index in [9.17, 15) is 18.4 Å². The summed E-state index contributed by atoms with van der Waals surface area (Å²) >= 11 is 0. The minimum absolute atomic E-state index is 0.0339. The van der Waals surface area contributed by atoms with Crippen LogP contribution in [0.15, 0.2) is 28.8 Å². The average molecular weight is 473 g/mol. The Kier molecular flexibility index (Phi) is 4.42. The largest absolute Gasteiger partial charge is 0.446 e. The minimum atomic E-state index is -4.45. The molecule has 0 bridgehead atoms. The van der Waals surface area contributed by atoms with Crippen molar-refractivity contribution in [3.63, 3.8) is 0 Å². The first-order chi connectivity index (χ1) is 16.3. The molecule has 0 spiro atoms. The van der Waals surface area contributed by atoms with Crippen molar-refractivity contribution in [2.24, 2.45) is 5.41 Å². The summed E-state index contributed by atoms with van der Waals surface area (Å²) in [6, 6.07) is 6.96. The highest BCUT2D eigenvalue weighted by Crippen LogP contribution is 2.75. The Labute approximate surface area is 192 Å². The topological polar surface area (TPSA) is 95.7 Å². The van der Waals surface area contributed by atoms with Gasteiger partial charge in [-0.1, -0.05) is 5.10 Å². The molecule has 9 nitrogen and oxygen atoms in total. The second kappa shape index (κ2) is 7.09. The van der Waals surface area contributed by atoms with E-state index in [1.165, 1.54) is 10.7 Å². The highest BCUT2D eigenvalue weighted by atomic mass is 19.4. The average Bonchev–Trinajstić information content (AvgIpc) is 3.26. The van der Waals surface area contributed by atoms with Crippen LogP contribution in [0.3, 0.4) is 0 Å². The Morgan fingerprint density at radius 3 is 2.71 bits per heavy atom. The summed E-state index contributed by atoms with van der Waals surface area (Å²) in [5.41, 5.74) is -1.86. The first-order valence-corrected chi connectivity index (χ1v) is 11.1. The van der Waals surface area contributed by atoms with E-state index in [2.05, 4.69) is 20.2 Å². The van der Waals surface area contributed by atoms with Gasteiger partial charge in [0.1, 0.15) is 23.3 Å². The number of ether oxygens (including phenoxy) is 1. The Morgan fingerprint density at radius 2 is 1.97 bits per heavy atom. The van der Waals surface area contributed by atoms with Gasteiger partial charge in [0.25, 0.3) is 0 Å². The summed E-state index contributed by atoms with van der Waals surface area (Å²) in [7, 11) is 2.03. The van der Waals surface area contributed by atoms with Crippen LogP contribution in [0, 0.1) is 16.7 Å². The molecule has 0 unspecified atom stereocenters. The molecule has 0 radical (unpaired) electrons. The zero-order valence-electron chi connectivity index (χ0n) is 18.4. The maximum absolute atomic E-state index is 14.4. The zero-order chi connectivity index (χ0) is 23.7. The Hall–Kier alpha value is -3.33. The van der Waals surface area contributed by atoms with Crippen molar-refractivity contribution >= 4 is 11.2 Å². The van der Waals surface area contributed by atoms with Gasteiger partial charge >= 0.3 is 12.3 Å². The molecule has 0 aromatic carbocycles. The van der Waals surface area contributed by atoms with Crippen LogP contribution in [0.4, 0.5) is 18.9 Å². The van der Waals surface area contributed by atoms with Gasteiger partial charge in [-0.15, -0.1) is 5.10 Å². The van der Waals surface area contributed by atoms with Crippen molar-refractivity contribution in [1.82, 2.24) is 24.7 Å². The molecule has 2 atom stereocenters. The standard InChI is InChI=1S/C22H22F3N7O2/c1-30-8-5-15(6-9-30)33-19-29-28-18(34-19)20-11-21(20,22(23,24)25)13-31(12-20)16-3-2-14(10-26)32-17(16)4-7-27-32/h2-4,7,15H,5-6,8-9,11-13H2,1H3/t20-,21-/m0/s1. The lowest BCUT2D eigenvalue weighted by molar-refractivity contribution is -0.187. The molecule has 5 heterocycles. The highest BCUT2D eigenvalue weighted by molar-refractivity contribution is 5.75. The van der Waals surface area contributed by atoms with Crippen LogP contribution in [-0.4, -0.2) is 70.2 Å².